The summed E-state index contributed by atoms with van der Waals surface area (Å²) in [7, 11) is 0. The molecule has 0 bridgehead atoms. The molecular formula is C21H20O3. The van der Waals surface area contributed by atoms with Gasteiger partial charge in [-0.1, -0.05) is 36.9 Å². The van der Waals surface area contributed by atoms with Crippen molar-refractivity contribution in [2.45, 2.75) is 38.4 Å². The van der Waals surface area contributed by atoms with E-state index in [0.717, 1.165) is 22.4 Å². The molecule has 0 aliphatic carbocycles. The lowest BCUT2D eigenvalue weighted by atomic mass is 9.89. The molecular weight excluding hydrogens is 300 g/mol. The highest BCUT2D eigenvalue weighted by Crippen LogP contribution is 2.48. The van der Waals surface area contributed by atoms with E-state index in [0.29, 0.717) is 24.2 Å². The summed E-state index contributed by atoms with van der Waals surface area (Å²) in [5, 5.41) is 0. The van der Waals surface area contributed by atoms with Gasteiger partial charge in [0.15, 0.2) is 5.78 Å². The van der Waals surface area contributed by atoms with Crippen LogP contribution in [0.4, 0.5) is 0 Å². The monoisotopic (exact) mass is 320 g/mol. The Morgan fingerprint density at radius 3 is 2.67 bits per heavy atom. The van der Waals surface area contributed by atoms with Gasteiger partial charge in [0.1, 0.15) is 23.2 Å². The first-order valence-corrected chi connectivity index (χ1v) is 8.23. The van der Waals surface area contributed by atoms with Crippen molar-refractivity contribution in [2.24, 2.45) is 0 Å². The van der Waals surface area contributed by atoms with Crippen LogP contribution in [0.1, 0.15) is 47.9 Å². The summed E-state index contributed by atoms with van der Waals surface area (Å²) in [5.41, 5.74) is 3.19. The average molecular weight is 320 g/mol. The maximum atomic E-state index is 12.6. The van der Waals surface area contributed by atoms with Gasteiger partial charge in [-0.05, 0) is 37.1 Å². The highest BCUT2D eigenvalue weighted by atomic mass is 16.5. The highest BCUT2D eigenvalue weighted by molar-refractivity contribution is 6.00. The number of hydrogen-bond acceptors (Lipinski definition) is 3. The van der Waals surface area contributed by atoms with Crippen LogP contribution in [0.5, 0.6) is 11.5 Å². The van der Waals surface area contributed by atoms with E-state index in [9.17, 15) is 4.79 Å². The van der Waals surface area contributed by atoms with Crippen molar-refractivity contribution >= 4 is 5.78 Å². The Bertz CT molecular complexity index is 838. The van der Waals surface area contributed by atoms with Crippen molar-refractivity contribution < 1.29 is 14.3 Å². The summed E-state index contributed by atoms with van der Waals surface area (Å²) in [6.07, 6.45) is 0.804. The minimum Gasteiger partial charge on any atom is -0.484 e. The zero-order valence-corrected chi connectivity index (χ0v) is 14.0. The minimum atomic E-state index is -0.441. The molecule has 2 aromatic carbocycles. The third kappa shape index (κ3) is 2.23. The van der Waals surface area contributed by atoms with E-state index in [4.69, 9.17) is 9.47 Å². The molecule has 122 valence electrons. The molecule has 0 aromatic heterocycles. The normalized spacial score (nSPS) is 24.6. The van der Waals surface area contributed by atoms with Crippen LogP contribution in [0.2, 0.25) is 0 Å². The molecule has 3 nitrogen and oxygen atoms in total. The number of carbonyl (C=O) groups excluding carboxylic acids is 1. The van der Waals surface area contributed by atoms with Crippen molar-refractivity contribution in [1.29, 1.82) is 0 Å². The third-order valence-corrected chi connectivity index (χ3v) is 5.07. The zero-order valence-electron chi connectivity index (χ0n) is 14.0. The fourth-order valence-corrected chi connectivity index (χ4v) is 3.40. The quantitative estimate of drug-likeness (QED) is 0.755. The van der Waals surface area contributed by atoms with Crippen LogP contribution in [-0.4, -0.2) is 11.4 Å². The summed E-state index contributed by atoms with van der Waals surface area (Å²) in [6.45, 7) is 8.05. The fraction of sp³-hybridized carbons (Fsp3) is 0.286. The Morgan fingerprint density at radius 1 is 1.21 bits per heavy atom. The Kier molecular flexibility index (Phi) is 3.27. The first-order valence-electron chi connectivity index (χ1n) is 8.23. The summed E-state index contributed by atoms with van der Waals surface area (Å²) in [5.74, 6) is 1.60. The van der Waals surface area contributed by atoms with E-state index in [1.54, 1.807) is 0 Å². The molecule has 0 spiro atoms. The summed E-state index contributed by atoms with van der Waals surface area (Å²) >= 11 is 0. The van der Waals surface area contributed by atoms with Crippen LogP contribution >= 0.6 is 0 Å². The highest BCUT2D eigenvalue weighted by Gasteiger charge is 2.40. The molecule has 0 saturated carbocycles. The van der Waals surface area contributed by atoms with Gasteiger partial charge in [-0.2, -0.15) is 0 Å². The number of rotatable bonds is 2. The average Bonchev–Trinajstić information content (AvgIpc) is 2.94. The second-order valence-electron chi connectivity index (χ2n) is 6.85. The molecule has 24 heavy (non-hydrogen) atoms. The molecule has 0 amide bonds. The van der Waals surface area contributed by atoms with E-state index in [1.807, 2.05) is 56.3 Å². The van der Waals surface area contributed by atoms with Crippen LogP contribution in [0.3, 0.4) is 0 Å². The number of ketones is 1. The van der Waals surface area contributed by atoms with Gasteiger partial charge in [-0.25, -0.2) is 0 Å². The lowest BCUT2D eigenvalue weighted by Gasteiger charge is -2.27. The van der Waals surface area contributed by atoms with Crippen LogP contribution in [0.15, 0.2) is 54.6 Å². The van der Waals surface area contributed by atoms with Crippen molar-refractivity contribution in [1.82, 2.24) is 0 Å². The van der Waals surface area contributed by atoms with Crippen molar-refractivity contribution in [3.05, 3.63) is 71.3 Å². The zero-order chi connectivity index (χ0) is 16.9. The SMILES string of the molecule is C=C(C)C1(C)Cc2c(ccc3c2OC(c2ccccc2)CC3=O)O1. The van der Waals surface area contributed by atoms with Gasteiger partial charge in [0.2, 0.25) is 0 Å². The van der Waals surface area contributed by atoms with E-state index in [-0.39, 0.29) is 11.9 Å². The van der Waals surface area contributed by atoms with Gasteiger partial charge in [0, 0.05) is 12.0 Å². The molecule has 0 N–H and O–H groups in total. The largest absolute Gasteiger partial charge is 0.484 e. The van der Waals surface area contributed by atoms with E-state index in [2.05, 4.69) is 6.58 Å². The topological polar surface area (TPSA) is 35.5 Å². The molecule has 2 aromatic rings. The Labute approximate surface area is 141 Å². The van der Waals surface area contributed by atoms with Crippen LogP contribution in [-0.2, 0) is 6.42 Å². The Hall–Kier alpha value is -2.55. The van der Waals surface area contributed by atoms with Crippen molar-refractivity contribution in [3.63, 3.8) is 0 Å². The van der Waals surface area contributed by atoms with Gasteiger partial charge in [0.25, 0.3) is 0 Å². The number of hydrogen-bond donors (Lipinski definition) is 0. The van der Waals surface area contributed by atoms with Gasteiger partial charge in [0.05, 0.1) is 12.0 Å². The third-order valence-electron chi connectivity index (χ3n) is 5.07. The molecule has 2 heterocycles. The number of carbonyl (C=O) groups is 1. The van der Waals surface area contributed by atoms with Gasteiger partial charge in [-0.3, -0.25) is 4.79 Å². The summed E-state index contributed by atoms with van der Waals surface area (Å²) in [6, 6.07) is 13.6. The van der Waals surface area contributed by atoms with Gasteiger partial charge in [-0.15, -0.1) is 0 Å². The number of benzene rings is 2. The van der Waals surface area contributed by atoms with Crippen LogP contribution in [0.25, 0.3) is 0 Å². The molecule has 2 aliphatic rings. The Morgan fingerprint density at radius 2 is 1.96 bits per heavy atom. The standard InChI is InChI=1S/C21H20O3/c1-13(2)21(3)12-16-18(24-21)10-9-15-17(22)11-19(23-20(15)16)14-7-5-4-6-8-14/h4-10,19H,1,11-12H2,2-3H3. The van der Waals surface area contributed by atoms with E-state index in [1.165, 1.54) is 0 Å². The Balaban J connectivity index is 1.76. The number of ether oxygens (including phenoxy) is 2. The maximum Gasteiger partial charge on any atom is 0.170 e. The molecule has 0 radical (unpaired) electrons. The molecule has 2 atom stereocenters. The second-order valence-corrected chi connectivity index (χ2v) is 6.85. The van der Waals surface area contributed by atoms with Crippen molar-refractivity contribution in [3.8, 4) is 11.5 Å². The predicted molar refractivity (Wildman–Crippen MR) is 92.8 cm³/mol. The van der Waals surface area contributed by atoms with Crippen molar-refractivity contribution in [2.75, 3.05) is 0 Å². The smallest absolute Gasteiger partial charge is 0.170 e. The molecule has 2 aliphatic heterocycles. The lowest BCUT2D eigenvalue weighted by Crippen LogP contribution is -2.31. The van der Waals surface area contributed by atoms with Crippen LogP contribution in [0, 0.1) is 0 Å². The first kappa shape index (κ1) is 15.0. The molecule has 0 saturated heterocycles. The minimum absolute atomic E-state index is 0.122. The summed E-state index contributed by atoms with van der Waals surface area (Å²) in [4.78, 5) is 12.6. The lowest BCUT2D eigenvalue weighted by molar-refractivity contribution is 0.0848. The fourth-order valence-electron chi connectivity index (χ4n) is 3.40. The van der Waals surface area contributed by atoms with E-state index < -0.39 is 5.60 Å². The van der Waals surface area contributed by atoms with Gasteiger partial charge < -0.3 is 9.47 Å². The van der Waals surface area contributed by atoms with E-state index >= 15 is 0 Å². The second kappa shape index (κ2) is 5.23. The molecule has 4 rings (SSSR count). The maximum absolute atomic E-state index is 12.6. The first-order chi connectivity index (χ1) is 11.5. The van der Waals surface area contributed by atoms with Crippen LogP contribution < -0.4 is 9.47 Å². The van der Waals surface area contributed by atoms with Gasteiger partial charge >= 0.3 is 0 Å². The predicted octanol–water partition coefficient (Wildman–Crippen LogP) is 4.66. The molecule has 2 unspecified atom stereocenters. The number of fused-ring (bicyclic) bond motifs is 3. The molecule has 3 heteroatoms. The molecule has 0 fully saturated rings. The number of Topliss-reactive ketones (excluding diaryl/α,β-unsaturated/α-hetero) is 1. The summed E-state index contributed by atoms with van der Waals surface area (Å²) < 4.78 is 12.4.